The smallest absolute Gasteiger partial charge is 0.135 e. The summed E-state index contributed by atoms with van der Waals surface area (Å²) in [6.45, 7) is 12.0. The predicted octanol–water partition coefficient (Wildman–Crippen LogP) is 20.3. The molecular formula is C64H106O4. The summed E-state index contributed by atoms with van der Waals surface area (Å²) in [7, 11) is 0. The van der Waals surface area contributed by atoms with Gasteiger partial charge in [0, 0.05) is 0 Å². The summed E-state index contributed by atoms with van der Waals surface area (Å²) in [4.78, 5) is 0. The van der Waals surface area contributed by atoms with Crippen LogP contribution in [0.4, 0.5) is 0 Å². The van der Waals surface area contributed by atoms with Gasteiger partial charge in [0.2, 0.25) is 0 Å². The molecule has 0 aliphatic carbocycles. The first-order chi connectivity index (χ1) is 33.7. The van der Waals surface area contributed by atoms with Crippen LogP contribution < -0.4 is 18.9 Å². The molecule has 0 aliphatic rings. The zero-order valence-electron chi connectivity index (χ0n) is 45.2. The topological polar surface area (TPSA) is 36.9 Å². The van der Waals surface area contributed by atoms with Gasteiger partial charge in [0.25, 0.3) is 0 Å². The molecule has 0 N–H and O–H groups in total. The number of ether oxygens (including phenoxy) is 4. The van der Waals surface area contributed by atoms with Crippen LogP contribution in [0.3, 0.4) is 0 Å². The lowest BCUT2D eigenvalue weighted by atomic mass is 10.1. The number of rotatable bonds is 48. The van der Waals surface area contributed by atoms with Crippen molar-refractivity contribution in [3.63, 3.8) is 0 Å². The molecule has 0 spiro atoms. The second kappa shape index (κ2) is 47.4. The maximum atomic E-state index is 6.38. The zero-order chi connectivity index (χ0) is 48.5. The Labute approximate surface area is 422 Å². The van der Waals surface area contributed by atoms with Crippen LogP contribution >= 0.6 is 0 Å². The van der Waals surface area contributed by atoms with Crippen LogP contribution in [0, 0.1) is 23.7 Å². The van der Waals surface area contributed by atoms with Crippen molar-refractivity contribution in [3.8, 4) is 46.7 Å². The minimum Gasteiger partial charge on any atom is -0.494 e. The van der Waals surface area contributed by atoms with Gasteiger partial charge in [-0.1, -0.05) is 259 Å². The molecule has 2 rings (SSSR count). The minimum absolute atomic E-state index is 0.696. The highest BCUT2D eigenvalue weighted by Gasteiger charge is 2.08. The standard InChI is InChI=1S/C64H106O4/c1-5-9-13-17-21-25-29-33-37-43-53-65-61-49-51-63(67-55-45-39-35-31-27-23-19-15-11-7-3)59(57-61)47-41-42-48-60-58-62(66-54-44-38-34-30-26-22-18-14-10-6-2)50-52-64(60)68-56-46-40-36-32-28-24-20-16-12-8-4/h49-52,57-58H,5-40,43-46,53-56H2,1-4H3. The maximum Gasteiger partial charge on any atom is 0.135 e. The van der Waals surface area contributed by atoms with E-state index >= 15 is 0 Å². The molecule has 0 saturated heterocycles. The summed E-state index contributed by atoms with van der Waals surface area (Å²) >= 11 is 0. The van der Waals surface area contributed by atoms with Gasteiger partial charge in [0.05, 0.1) is 37.6 Å². The van der Waals surface area contributed by atoms with E-state index in [1.807, 2.05) is 36.4 Å². The molecule has 0 aliphatic heterocycles. The Morgan fingerprint density at radius 2 is 0.485 bits per heavy atom. The number of unbranched alkanes of at least 4 members (excludes halogenated alkanes) is 36. The molecular weight excluding hydrogens is 833 g/mol. The average Bonchev–Trinajstić information content (AvgIpc) is 3.35. The molecule has 0 heterocycles. The van der Waals surface area contributed by atoms with Crippen molar-refractivity contribution in [2.75, 3.05) is 26.4 Å². The lowest BCUT2D eigenvalue weighted by Crippen LogP contribution is -2.01. The monoisotopic (exact) mass is 939 g/mol. The molecule has 68 heavy (non-hydrogen) atoms. The zero-order valence-corrected chi connectivity index (χ0v) is 45.2. The molecule has 0 saturated carbocycles. The molecule has 0 amide bonds. The van der Waals surface area contributed by atoms with Gasteiger partial charge < -0.3 is 18.9 Å². The predicted molar refractivity (Wildman–Crippen MR) is 296 cm³/mol. The van der Waals surface area contributed by atoms with Gasteiger partial charge in [-0.2, -0.15) is 0 Å². The third kappa shape index (κ3) is 35.8. The summed E-state index contributed by atoms with van der Waals surface area (Å²) in [5.41, 5.74) is 1.66. The Hall–Kier alpha value is -3.24. The molecule has 386 valence electrons. The van der Waals surface area contributed by atoms with Crippen molar-refractivity contribution in [3.05, 3.63) is 47.5 Å². The highest BCUT2D eigenvalue weighted by atomic mass is 16.5. The molecule has 0 radical (unpaired) electrons. The van der Waals surface area contributed by atoms with E-state index in [-0.39, 0.29) is 0 Å². The molecule has 0 fully saturated rings. The van der Waals surface area contributed by atoms with Crippen LogP contribution in [0.25, 0.3) is 0 Å². The van der Waals surface area contributed by atoms with Gasteiger partial charge >= 0.3 is 0 Å². The quantitative estimate of drug-likeness (QED) is 0.0489. The fourth-order valence-electron chi connectivity index (χ4n) is 8.94. The normalized spacial score (nSPS) is 10.9. The van der Waals surface area contributed by atoms with Crippen molar-refractivity contribution < 1.29 is 18.9 Å². The van der Waals surface area contributed by atoms with E-state index in [0.717, 1.165) is 73.0 Å². The Bertz CT molecular complexity index is 1420. The van der Waals surface area contributed by atoms with E-state index in [2.05, 4.69) is 51.4 Å². The fourth-order valence-corrected chi connectivity index (χ4v) is 8.94. The van der Waals surface area contributed by atoms with E-state index in [0.29, 0.717) is 13.2 Å². The molecule has 0 unspecified atom stereocenters. The van der Waals surface area contributed by atoms with Crippen LogP contribution in [-0.2, 0) is 0 Å². The molecule has 2 aromatic rings. The summed E-state index contributed by atoms with van der Waals surface area (Å²) in [5.74, 6) is 16.4. The van der Waals surface area contributed by atoms with Gasteiger partial charge in [0.1, 0.15) is 23.0 Å². The van der Waals surface area contributed by atoms with E-state index in [4.69, 9.17) is 18.9 Å². The van der Waals surface area contributed by atoms with Crippen molar-refractivity contribution in [1.29, 1.82) is 0 Å². The largest absolute Gasteiger partial charge is 0.494 e. The lowest BCUT2D eigenvalue weighted by Gasteiger charge is -2.11. The van der Waals surface area contributed by atoms with Gasteiger partial charge in [-0.15, -0.1) is 0 Å². The molecule has 0 bridgehead atoms. The van der Waals surface area contributed by atoms with Gasteiger partial charge in [-0.3, -0.25) is 0 Å². The summed E-state index contributed by atoms with van der Waals surface area (Å²) < 4.78 is 25.3. The van der Waals surface area contributed by atoms with Gasteiger partial charge in [-0.25, -0.2) is 0 Å². The third-order valence-electron chi connectivity index (χ3n) is 13.4. The SMILES string of the molecule is CCCCCCCCCCCCOc1ccc(OCCCCCCCCCCCC)c(C#CC#Cc2cc(OCCCCCCCCCCCC)ccc2OCCCCCCCCCCCC)c1. The number of benzene rings is 2. The second-order valence-electron chi connectivity index (χ2n) is 19.9. The second-order valence-corrected chi connectivity index (χ2v) is 19.9. The van der Waals surface area contributed by atoms with E-state index in [9.17, 15) is 0 Å². The number of hydrogen-bond acceptors (Lipinski definition) is 4. The minimum atomic E-state index is 0.696. The fraction of sp³-hybridized carbons (Fsp3) is 0.750. The molecule has 2 aromatic carbocycles. The first-order valence-electron chi connectivity index (χ1n) is 29.5. The first kappa shape index (κ1) is 60.9. The van der Waals surface area contributed by atoms with Gasteiger partial charge in [-0.05, 0) is 85.8 Å². The Morgan fingerprint density at radius 3 is 0.735 bits per heavy atom. The lowest BCUT2D eigenvalue weighted by molar-refractivity contribution is 0.295. The van der Waals surface area contributed by atoms with Crippen molar-refractivity contribution in [2.24, 2.45) is 0 Å². The number of hydrogen-bond donors (Lipinski definition) is 0. The summed E-state index contributed by atoms with van der Waals surface area (Å²) in [6, 6.07) is 12.2. The Morgan fingerprint density at radius 1 is 0.265 bits per heavy atom. The van der Waals surface area contributed by atoms with Crippen LogP contribution in [0.15, 0.2) is 36.4 Å². The molecule has 4 heteroatoms. The summed E-state index contributed by atoms with van der Waals surface area (Å²) in [6.07, 6.45) is 52.4. The van der Waals surface area contributed by atoms with E-state index in [1.54, 1.807) is 0 Å². The van der Waals surface area contributed by atoms with Crippen molar-refractivity contribution in [2.45, 2.75) is 285 Å². The molecule has 0 aromatic heterocycles. The molecule has 4 nitrogen and oxygen atoms in total. The van der Waals surface area contributed by atoms with Crippen LogP contribution in [-0.4, -0.2) is 26.4 Å². The first-order valence-corrected chi connectivity index (χ1v) is 29.5. The van der Waals surface area contributed by atoms with Crippen LogP contribution in [0.5, 0.6) is 23.0 Å². The highest BCUT2D eigenvalue weighted by molar-refractivity contribution is 5.55. The van der Waals surface area contributed by atoms with Crippen LogP contribution in [0.1, 0.15) is 296 Å². The summed E-state index contributed by atoms with van der Waals surface area (Å²) in [5, 5.41) is 0. The Balaban J connectivity index is 2.06. The van der Waals surface area contributed by atoms with Crippen molar-refractivity contribution >= 4 is 0 Å². The van der Waals surface area contributed by atoms with Crippen molar-refractivity contribution in [1.82, 2.24) is 0 Å². The van der Waals surface area contributed by atoms with E-state index in [1.165, 1.54) is 231 Å². The molecule has 0 atom stereocenters. The third-order valence-corrected chi connectivity index (χ3v) is 13.4. The Kier molecular flexibility index (Phi) is 42.5. The maximum absolute atomic E-state index is 6.38. The van der Waals surface area contributed by atoms with E-state index < -0.39 is 0 Å². The highest BCUT2D eigenvalue weighted by Crippen LogP contribution is 2.27. The van der Waals surface area contributed by atoms with Gasteiger partial charge in [0.15, 0.2) is 0 Å². The van der Waals surface area contributed by atoms with Crippen LogP contribution in [0.2, 0.25) is 0 Å². The average molecular weight is 940 g/mol.